The van der Waals surface area contributed by atoms with Gasteiger partial charge in [0.2, 0.25) is 0 Å². The number of fused-ring (bicyclic) bond motifs is 1. The summed E-state index contributed by atoms with van der Waals surface area (Å²) in [4.78, 5) is 2.34. The maximum absolute atomic E-state index is 6.16. The lowest BCUT2D eigenvalue weighted by molar-refractivity contribution is -0.0277. The average Bonchev–Trinajstić information content (AvgIpc) is 2.74. The van der Waals surface area contributed by atoms with Crippen molar-refractivity contribution >= 4 is 0 Å². The zero-order chi connectivity index (χ0) is 12.5. The van der Waals surface area contributed by atoms with Gasteiger partial charge < -0.3 is 19.9 Å². The highest BCUT2D eigenvalue weighted by Crippen LogP contribution is 2.29. The van der Waals surface area contributed by atoms with Crippen molar-refractivity contribution < 1.29 is 4.74 Å². The standard InChI is InChI=1S/C14H23N3O/c1-16-7-8-18-11(9-16)10-17-6-5-12-13(15)3-2-4-14(12)17/h5-6,11,13H,2-4,7-10,15H2,1H3. The number of nitrogens with two attached hydrogens (primary N) is 1. The Labute approximate surface area is 109 Å². The first-order valence-electron chi connectivity index (χ1n) is 6.97. The summed E-state index contributed by atoms with van der Waals surface area (Å²) < 4.78 is 8.21. The lowest BCUT2D eigenvalue weighted by Gasteiger charge is -2.31. The van der Waals surface area contributed by atoms with Crippen LogP contribution in [-0.2, 0) is 17.7 Å². The molecule has 3 rings (SSSR count). The highest BCUT2D eigenvalue weighted by atomic mass is 16.5. The molecule has 0 aromatic carbocycles. The molecule has 1 saturated heterocycles. The summed E-state index contributed by atoms with van der Waals surface area (Å²) in [6.07, 6.45) is 6.01. The fourth-order valence-electron chi connectivity index (χ4n) is 3.16. The van der Waals surface area contributed by atoms with Crippen LogP contribution in [0.1, 0.15) is 30.1 Å². The molecule has 2 N–H and O–H groups in total. The van der Waals surface area contributed by atoms with Crippen LogP contribution in [0.3, 0.4) is 0 Å². The van der Waals surface area contributed by atoms with Crippen LogP contribution in [0.15, 0.2) is 12.3 Å². The minimum Gasteiger partial charge on any atom is -0.374 e. The molecule has 1 aromatic rings. The highest BCUT2D eigenvalue weighted by molar-refractivity contribution is 5.28. The summed E-state index contributed by atoms with van der Waals surface area (Å²) in [6, 6.07) is 2.44. The van der Waals surface area contributed by atoms with Crippen LogP contribution in [0.25, 0.3) is 0 Å². The van der Waals surface area contributed by atoms with E-state index in [9.17, 15) is 0 Å². The number of hydrogen-bond acceptors (Lipinski definition) is 3. The molecule has 0 radical (unpaired) electrons. The number of nitrogens with zero attached hydrogens (tertiary/aromatic N) is 2. The predicted molar refractivity (Wildman–Crippen MR) is 71.5 cm³/mol. The van der Waals surface area contributed by atoms with Gasteiger partial charge in [0.05, 0.1) is 12.7 Å². The Hall–Kier alpha value is -0.840. The van der Waals surface area contributed by atoms with Crippen molar-refractivity contribution in [3.05, 3.63) is 23.5 Å². The minimum absolute atomic E-state index is 0.241. The van der Waals surface area contributed by atoms with E-state index in [1.165, 1.54) is 24.1 Å². The molecule has 2 aliphatic rings. The molecule has 4 heteroatoms. The number of likely N-dealkylation sites (N-methyl/N-ethyl adjacent to an activating group) is 1. The minimum atomic E-state index is 0.241. The number of morpholine rings is 1. The van der Waals surface area contributed by atoms with Gasteiger partial charge >= 0.3 is 0 Å². The maximum atomic E-state index is 6.16. The van der Waals surface area contributed by atoms with Crippen molar-refractivity contribution in [2.45, 2.75) is 38.0 Å². The fourth-order valence-corrected chi connectivity index (χ4v) is 3.16. The molecule has 0 bridgehead atoms. The molecule has 2 atom stereocenters. The van der Waals surface area contributed by atoms with E-state index >= 15 is 0 Å². The Morgan fingerprint density at radius 1 is 1.50 bits per heavy atom. The van der Waals surface area contributed by atoms with Crippen LogP contribution < -0.4 is 5.73 Å². The summed E-state index contributed by atoms with van der Waals surface area (Å²) in [5.74, 6) is 0. The van der Waals surface area contributed by atoms with Crippen molar-refractivity contribution in [2.75, 3.05) is 26.7 Å². The van der Waals surface area contributed by atoms with Gasteiger partial charge in [-0.25, -0.2) is 0 Å². The number of hydrogen-bond donors (Lipinski definition) is 1. The third kappa shape index (κ3) is 2.32. The predicted octanol–water partition coefficient (Wildman–Crippen LogP) is 1.15. The normalized spacial score (nSPS) is 29.2. The lowest BCUT2D eigenvalue weighted by atomic mass is 9.93. The zero-order valence-electron chi connectivity index (χ0n) is 11.1. The quantitative estimate of drug-likeness (QED) is 0.855. The van der Waals surface area contributed by atoms with Crippen LogP contribution in [0.2, 0.25) is 0 Å². The molecule has 4 nitrogen and oxygen atoms in total. The summed E-state index contributed by atoms with van der Waals surface area (Å²) in [7, 11) is 2.16. The lowest BCUT2D eigenvalue weighted by Crippen LogP contribution is -2.42. The summed E-state index contributed by atoms with van der Waals surface area (Å²) in [5, 5.41) is 0. The Morgan fingerprint density at radius 2 is 2.39 bits per heavy atom. The topological polar surface area (TPSA) is 43.4 Å². The van der Waals surface area contributed by atoms with E-state index in [1.54, 1.807) is 0 Å². The van der Waals surface area contributed by atoms with Gasteiger partial charge in [0.1, 0.15) is 0 Å². The number of ether oxygens (including phenoxy) is 1. The Bertz CT molecular complexity index is 415. The van der Waals surface area contributed by atoms with Crippen molar-refractivity contribution in [1.82, 2.24) is 9.47 Å². The zero-order valence-corrected chi connectivity index (χ0v) is 11.1. The van der Waals surface area contributed by atoms with Gasteiger partial charge in [0.25, 0.3) is 0 Å². The van der Waals surface area contributed by atoms with Crippen LogP contribution in [-0.4, -0.2) is 42.3 Å². The molecule has 2 unspecified atom stereocenters. The molecule has 1 aliphatic heterocycles. The van der Waals surface area contributed by atoms with Crippen LogP contribution in [0, 0.1) is 0 Å². The number of aromatic nitrogens is 1. The monoisotopic (exact) mass is 249 g/mol. The molecule has 1 aliphatic carbocycles. The summed E-state index contributed by atoms with van der Waals surface area (Å²) in [5.41, 5.74) is 8.95. The first kappa shape index (κ1) is 12.2. The van der Waals surface area contributed by atoms with E-state index in [1.807, 2.05) is 0 Å². The van der Waals surface area contributed by atoms with Gasteiger partial charge in [-0.3, -0.25) is 0 Å². The van der Waals surface area contributed by atoms with Crippen molar-refractivity contribution in [3.63, 3.8) is 0 Å². The molecule has 2 heterocycles. The van der Waals surface area contributed by atoms with Gasteiger partial charge in [-0.2, -0.15) is 0 Å². The largest absolute Gasteiger partial charge is 0.374 e. The molecule has 0 saturated carbocycles. The smallest absolute Gasteiger partial charge is 0.0880 e. The van der Waals surface area contributed by atoms with Crippen LogP contribution in [0.4, 0.5) is 0 Å². The third-order valence-electron chi connectivity index (χ3n) is 4.18. The molecule has 0 amide bonds. The van der Waals surface area contributed by atoms with Crippen LogP contribution in [0.5, 0.6) is 0 Å². The van der Waals surface area contributed by atoms with Crippen LogP contribution >= 0.6 is 0 Å². The van der Waals surface area contributed by atoms with Gasteiger partial charge in [-0.05, 0) is 37.9 Å². The van der Waals surface area contributed by atoms with Gasteiger partial charge in [0, 0.05) is 37.6 Å². The molecule has 1 aromatic heterocycles. The maximum Gasteiger partial charge on any atom is 0.0880 e. The Morgan fingerprint density at radius 3 is 3.22 bits per heavy atom. The van der Waals surface area contributed by atoms with E-state index in [0.717, 1.165) is 32.7 Å². The van der Waals surface area contributed by atoms with E-state index in [4.69, 9.17) is 10.5 Å². The highest BCUT2D eigenvalue weighted by Gasteiger charge is 2.23. The Kier molecular flexibility index (Phi) is 3.41. The molecule has 0 spiro atoms. The second-order valence-electron chi connectivity index (χ2n) is 5.62. The van der Waals surface area contributed by atoms with Gasteiger partial charge in [-0.15, -0.1) is 0 Å². The van der Waals surface area contributed by atoms with E-state index in [2.05, 4.69) is 28.8 Å². The second-order valence-corrected chi connectivity index (χ2v) is 5.62. The first-order valence-corrected chi connectivity index (χ1v) is 6.97. The SMILES string of the molecule is CN1CCOC(Cn2ccc3c2CCCC3N)C1. The summed E-state index contributed by atoms with van der Waals surface area (Å²) in [6.45, 7) is 3.89. The average molecular weight is 249 g/mol. The molecular weight excluding hydrogens is 226 g/mol. The van der Waals surface area contributed by atoms with Crippen molar-refractivity contribution in [1.29, 1.82) is 0 Å². The van der Waals surface area contributed by atoms with E-state index in [0.29, 0.717) is 6.10 Å². The number of rotatable bonds is 2. The first-order chi connectivity index (χ1) is 8.74. The van der Waals surface area contributed by atoms with Crippen molar-refractivity contribution in [2.24, 2.45) is 5.73 Å². The fraction of sp³-hybridized carbons (Fsp3) is 0.714. The van der Waals surface area contributed by atoms with Crippen molar-refractivity contribution in [3.8, 4) is 0 Å². The Balaban J connectivity index is 1.73. The van der Waals surface area contributed by atoms with Gasteiger partial charge in [-0.1, -0.05) is 0 Å². The van der Waals surface area contributed by atoms with Gasteiger partial charge in [0.15, 0.2) is 0 Å². The van der Waals surface area contributed by atoms with E-state index < -0.39 is 0 Å². The third-order valence-corrected chi connectivity index (χ3v) is 4.18. The molecular formula is C14H23N3O. The molecule has 100 valence electrons. The molecule has 18 heavy (non-hydrogen) atoms. The van der Waals surface area contributed by atoms with E-state index in [-0.39, 0.29) is 6.04 Å². The summed E-state index contributed by atoms with van der Waals surface area (Å²) >= 11 is 0. The molecule has 1 fully saturated rings. The second kappa shape index (κ2) is 5.03.